The van der Waals surface area contributed by atoms with Gasteiger partial charge in [0.05, 0.1) is 6.33 Å². The van der Waals surface area contributed by atoms with Crippen LogP contribution < -0.4 is 5.32 Å². The summed E-state index contributed by atoms with van der Waals surface area (Å²) < 4.78 is 29.2. The fraction of sp³-hybridized carbons (Fsp3) is 0.263. The highest BCUT2D eigenvalue weighted by Crippen LogP contribution is 2.33. The Hall–Kier alpha value is -2.71. The van der Waals surface area contributed by atoms with Gasteiger partial charge in [0.2, 0.25) is 0 Å². The lowest BCUT2D eigenvalue weighted by atomic mass is 9.94. The molecule has 3 aromatic rings. The van der Waals surface area contributed by atoms with Gasteiger partial charge in [0.1, 0.15) is 0 Å². The number of anilines is 1. The molecule has 0 unspecified atom stereocenters. The minimum atomic E-state index is -3.63. The zero-order valence-corrected chi connectivity index (χ0v) is 15.7. The standard InChI is InChI=1S/C19H21N5O2S/c1-23-13-19(21-14-23)27(25,26)24-11-17(15-5-3-2-4-6-15)18(12-24)22-16-7-9-20-10-8-16/h2-10,13-14,17-18H,11-12H2,1H3,(H,20,22)/t17-,18+/m0/s1. The van der Waals surface area contributed by atoms with Crippen LogP contribution in [0.25, 0.3) is 0 Å². The molecule has 0 radical (unpaired) electrons. The molecule has 8 heteroatoms. The van der Waals surface area contributed by atoms with Crippen LogP contribution in [0.1, 0.15) is 11.5 Å². The summed E-state index contributed by atoms with van der Waals surface area (Å²) in [5.41, 5.74) is 2.04. The van der Waals surface area contributed by atoms with Gasteiger partial charge >= 0.3 is 0 Å². The van der Waals surface area contributed by atoms with Crippen molar-refractivity contribution in [1.29, 1.82) is 0 Å². The second-order valence-corrected chi connectivity index (χ2v) is 8.59. The van der Waals surface area contributed by atoms with Crippen LogP contribution in [0.2, 0.25) is 0 Å². The van der Waals surface area contributed by atoms with Crippen molar-refractivity contribution in [1.82, 2.24) is 18.8 Å². The highest BCUT2D eigenvalue weighted by Gasteiger charge is 2.40. The third kappa shape index (κ3) is 3.58. The molecule has 7 nitrogen and oxygen atoms in total. The zero-order chi connectivity index (χ0) is 18.9. The lowest BCUT2D eigenvalue weighted by Gasteiger charge is -2.21. The summed E-state index contributed by atoms with van der Waals surface area (Å²) in [6, 6.07) is 13.7. The molecular formula is C19H21N5O2S. The number of rotatable bonds is 5. The molecule has 1 aromatic carbocycles. The van der Waals surface area contributed by atoms with E-state index < -0.39 is 10.0 Å². The molecule has 1 aliphatic heterocycles. The van der Waals surface area contributed by atoms with E-state index in [0.717, 1.165) is 11.3 Å². The molecule has 0 spiro atoms. The van der Waals surface area contributed by atoms with Crippen molar-refractivity contribution in [2.75, 3.05) is 18.4 Å². The minimum Gasteiger partial charge on any atom is -0.380 e. The molecule has 3 heterocycles. The van der Waals surface area contributed by atoms with Crippen molar-refractivity contribution in [3.05, 3.63) is 72.9 Å². The largest absolute Gasteiger partial charge is 0.380 e. The first-order chi connectivity index (χ1) is 13.0. The molecule has 0 saturated carbocycles. The molecule has 1 saturated heterocycles. The van der Waals surface area contributed by atoms with Gasteiger partial charge in [0.15, 0.2) is 5.03 Å². The maximum atomic E-state index is 13.0. The molecule has 1 N–H and O–H groups in total. The van der Waals surface area contributed by atoms with E-state index in [1.165, 1.54) is 16.8 Å². The van der Waals surface area contributed by atoms with Crippen LogP contribution in [-0.2, 0) is 17.1 Å². The van der Waals surface area contributed by atoms with E-state index in [4.69, 9.17) is 0 Å². The van der Waals surface area contributed by atoms with Crippen molar-refractivity contribution >= 4 is 15.7 Å². The smallest absolute Gasteiger partial charge is 0.262 e. The number of benzene rings is 1. The van der Waals surface area contributed by atoms with E-state index >= 15 is 0 Å². The van der Waals surface area contributed by atoms with Crippen molar-refractivity contribution in [2.24, 2.45) is 7.05 Å². The molecule has 0 amide bonds. The minimum absolute atomic E-state index is 0.0397. The van der Waals surface area contributed by atoms with Gasteiger partial charge in [-0.25, -0.2) is 13.4 Å². The van der Waals surface area contributed by atoms with E-state index in [1.54, 1.807) is 24.0 Å². The Morgan fingerprint density at radius 1 is 1.07 bits per heavy atom. The number of nitrogens with zero attached hydrogens (tertiary/aromatic N) is 4. The fourth-order valence-electron chi connectivity index (χ4n) is 3.46. The summed E-state index contributed by atoms with van der Waals surface area (Å²) in [7, 11) is -1.87. The summed E-state index contributed by atoms with van der Waals surface area (Å²) in [5.74, 6) is 0.0397. The normalized spacial score (nSPS) is 20.6. The topological polar surface area (TPSA) is 80.1 Å². The maximum absolute atomic E-state index is 13.0. The SMILES string of the molecule is Cn1cnc(S(=O)(=O)N2C[C@@H](Nc3ccncc3)[C@H](c3ccccc3)C2)c1. The number of pyridine rings is 1. The monoisotopic (exact) mass is 383 g/mol. The Morgan fingerprint density at radius 2 is 1.81 bits per heavy atom. The number of imidazole rings is 1. The summed E-state index contributed by atoms with van der Waals surface area (Å²) in [4.78, 5) is 8.08. The van der Waals surface area contributed by atoms with Crippen LogP contribution in [-0.4, -0.2) is 46.4 Å². The van der Waals surface area contributed by atoms with Gasteiger partial charge in [-0.2, -0.15) is 4.31 Å². The Morgan fingerprint density at radius 3 is 2.48 bits per heavy atom. The summed E-state index contributed by atoms with van der Waals surface area (Å²) in [6.07, 6.45) is 6.48. The van der Waals surface area contributed by atoms with Crippen LogP contribution in [0.3, 0.4) is 0 Å². The number of sulfonamides is 1. The molecule has 1 aliphatic rings. The Bertz CT molecular complexity index is 1000. The van der Waals surface area contributed by atoms with Crippen LogP contribution >= 0.6 is 0 Å². The molecule has 1 fully saturated rings. The lowest BCUT2D eigenvalue weighted by Crippen LogP contribution is -2.32. The second kappa shape index (κ2) is 7.13. The van der Waals surface area contributed by atoms with Gasteiger partial charge in [0.25, 0.3) is 10.0 Å². The van der Waals surface area contributed by atoms with Crippen molar-refractivity contribution in [3.8, 4) is 0 Å². The first kappa shape index (κ1) is 17.7. The predicted octanol–water partition coefficient (Wildman–Crippen LogP) is 2.08. The van der Waals surface area contributed by atoms with Crippen LogP contribution in [0, 0.1) is 0 Å². The number of nitrogens with one attached hydrogen (secondary N) is 1. The highest BCUT2D eigenvalue weighted by atomic mass is 32.2. The van der Waals surface area contributed by atoms with Crippen LogP contribution in [0.5, 0.6) is 0 Å². The van der Waals surface area contributed by atoms with Gasteiger partial charge in [-0.3, -0.25) is 4.98 Å². The zero-order valence-electron chi connectivity index (χ0n) is 14.9. The van der Waals surface area contributed by atoms with Gasteiger partial charge < -0.3 is 9.88 Å². The van der Waals surface area contributed by atoms with Gasteiger partial charge in [-0.05, 0) is 17.7 Å². The summed E-state index contributed by atoms with van der Waals surface area (Å²) in [5, 5.41) is 3.56. The Kier molecular flexibility index (Phi) is 4.67. The van der Waals surface area contributed by atoms with E-state index in [-0.39, 0.29) is 17.0 Å². The molecular weight excluding hydrogens is 362 g/mol. The van der Waals surface area contributed by atoms with Gasteiger partial charge in [-0.1, -0.05) is 30.3 Å². The van der Waals surface area contributed by atoms with Crippen LogP contribution in [0.15, 0.2) is 72.4 Å². The third-order valence-electron chi connectivity index (χ3n) is 4.83. The molecule has 0 aliphatic carbocycles. The molecule has 2 atom stereocenters. The third-order valence-corrected chi connectivity index (χ3v) is 6.55. The fourth-order valence-corrected chi connectivity index (χ4v) is 4.92. The Labute approximate surface area is 158 Å². The molecule has 0 bridgehead atoms. The predicted molar refractivity (Wildman–Crippen MR) is 103 cm³/mol. The van der Waals surface area contributed by atoms with Crippen LogP contribution in [0.4, 0.5) is 5.69 Å². The average molecular weight is 383 g/mol. The number of aryl methyl sites for hydroxylation is 1. The molecule has 27 heavy (non-hydrogen) atoms. The van der Waals surface area contributed by atoms with E-state index in [0.29, 0.717) is 13.1 Å². The first-order valence-electron chi connectivity index (χ1n) is 8.73. The van der Waals surface area contributed by atoms with Crippen molar-refractivity contribution in [3.63, 3.8) is 0 Å². The Balaban J connectivity index is 1.64. The number of hydrogen-bond acceptors (Lipinski definition) is 5. The van der Waals surface area contributed by atoms with E-state index in [1.807, 2.05) is 42.5 Å². The van der Waals surface area contributed by atoms with Crippen molar-refractivity contribution in [2.45, 2.75) is 17.0 Å². The quantitative estimate of drug-likeness (QED) is 0.730. The van der Waals surface area contributed by atoms with Gasteiger partial charge in [-0.15, -0.1) is 0 Å². The molecule has 4 rings (SSSR count). The number of aromatic nitrogens is 3. The maximum Gasteiger partial charge on any atom is 0.262 e. The highest BCUT2D eigenvalue weighted by molar-refractivity contribution is 7.89. The average Bonchev–Trinajstić information content (AvgIpc) is 3.31. The lowest BCUT2D eigenvalue weighted by molar-refractivity contribution is 0.468. The van der Waals surface area contributed by atoms with Crippen molar-refractivity contribution < 1.29 is 8.42 Å². The summed E-state index contributed by atoms with van der Waals surface area (Å²) >= 11 is 0. The van der Waals surface area contributed by atoms with E-state index in [2.05, 4.69) is 15.3 Å². The first-order valence-corrected chi connectivity index (χ1v) is 10.2. The molecule has 140 valence electrons. The number of hydrogen-bond donors (Lipinski definition) is 1. The molecule has 2 aromatic heterocycles. The van der Waals surface area contributed by atoms with Gasteiger partial charge in [0, 0.05) is 56.4 Å². The van der Waals surface area contributed by atoms with E-state index in [9.17, 15) is 8.42 Å². The second-order valence-electron chi connectivity index (χ2n) is 6.70. The summed E-state index contributed by atoms with van der Waals surface area (Å²) in [6.45, 7) is 0.784.